The van der Waals surface area contributed by atoms with Crippen molar-refractivity contribution in [3.8, 4) is 0 Å². The van der Waals surface area contributed by atoms with E-state index in [0.29, 0.717) is 0 Å². The molecule has 0 aromatic rings. The molecule has 0 spiro atoms. The van der Waals surface area contributed by atoms with Crippen molar-refractivity contribution >= 4 is 34.8 Å². The van der Waals surface area contributed by atoms with Crippen LogP contribution in [0.4, 0.5) is 0 Å². The fourth-order valence-corrected chi connectivity index (χ4v) is 4.01. The van der Waals surface area contributed by atoms with Crippen LogP contribution in [0.15, 0.2) is 11.8 Å². The zero-order chi connectivity index (χ0) is 16.3. The van der Waals surface area contributed by atoms with Crippen molar-refractivity contribution in [3.05, 3.63) is 21.9 Å². The van der Waals surface area contributed by atoms with Gasteiger partial charge in [0.05, 0.1) is 5.92 Å². The first-order valence-corrected chi connectivity index (χ1v) is 8.74. The van der Waals surface area contributed by atoms with E-state index in [-0.39, 0.29) is 17.4 Å². The average Bonchev–Trinajstić information content (AvgIpc) is 2.44. The first-order valence-electron chi connectivity index (χ1n) is 7.61. The summed E-state index contributed by atoms with van der Waals surface area (Å²) in [6.07, 6.45) is 4.99. The molecule has 1 saturated heterocycles. The zero-order valence-electron chi connectivity index (χ0n) is 12.7. The number of nitrogens with zero attached hydrogens (tertiary/aromatic N) is 3. The predicted molar refractivity (Wildman–Crippen MR) is 90.1 cm³/mol. The van der Waals surface area contributed by atoms with Gasteiger partial charge in [-0.25, -0.2) is 0 Å². The molecule has 2 aliphatic rings. The number of piperazine rings is 1. The van der Waals surface area contributed by atoms with Crippen molar-refractivity contribution in [2.75, 3.05) is 39.8 Å². The van der Waals surface area contributed by atoms with Crippen molar-refractivity contribution < 1.29 is 4.92 Å². The van der Waals surface area contributed by atoms with Crippen LogP contribution >= 0.6 is 34.8 Å². The topological polar surface area (TPSA) is 49.6 Å². The zero-order valence-corrected chi connectivity index (χ0v) is 14.9. The first-order chi connectivity index (χ1) is 10.3. The molecule has 0 N–H and O–H groups in total. The summed E-state index contributed by atoms with van der Waals surface area (Å²) in [5.74, 6) is -0.659. The summed E-state index contributed by atoms with van der Waals surface area (Å²) in [5.41, 5.74) is 1.14. The summed E-state index contributed by atoms with van der Waals surface area (Å²) in [5, 5.41) is 11.0. The summed E-state index contributed by atoms with van der Waals surface area (Å²) < 4.78 is -1.62. The largest absolute Gasteiger partial charge is 0.372 e. The van der Waals surface area contributed by atoms with E-state index in [4.69, 9.17) is 34.8 Å². The highest BCUT2D eigenvalue weighted by Crippen LogP contribution is 2.45. The van der Waals surface area contributed by atoms with Gasteiger partial charge in [-0.05, 0) is 26.3 Å². The normalized spacial score (nSPS) is 25.7. The molecule has 0 bridgehead atoms. The number of rotatable bonds is 4. The average molecular weight is 371 g/mol. The van der Waals surface area contributed by atoms with Gasteiger partial charge in [0, 0.05) is 42.7 Å². The van der Waals surface area contributed by atoms with Crippen LogP contribution in [-0.2, 0) is 0 Å². The minimum absolute atomic E-state index is 0.0601. The van der Waals surface area contributed by atoms with Gasteiger partial charge in [0.25, 0.3) is 0 Å². The third-order valence-corrected chi connectivity index (χ3v) is 5.41. The van der Waals surface area contributed by atoms with Gasteiger partial charge in [0.1, 0.15) is 0 Å². The number of alkyl halides is 3. The first kappa shape index (κ1) is 18.1. The Morgan fingerprint density at radius 2 is 2.00 bits per heavy atom. The van der Waals surface area contributed by atoms with Gasteiger partial charge < -0.3 is 9.80 Å². The molecule has 0 radical (unpaired) electrons. The molecule has 2 rings (SSSR count). The molecule has 1 aliphatic heterocycles. The van der Waals surface area contributed by atoms with E-state index in [2.05, 4.69) is 22.9 Å². The Bertz CT molecular complexity index is 432. The number of likely N-dealkylation sites (N-methyl/N-ethyl adjacent to an activating group) is 1. The number of allylic oxidation sites excluding steroid dienone is 2. The van der Waals surface area contributed by atoms with E-state index >= 15 is 0 Å². The molecule has 0 aromatic heterocycles. The second-order valence-corrected chi connectivity index (χ2v) is 8.49. The monoisotopic (exact) mass is 369 g/mol. The molecule has 0 saturated carbocycles. The molecule has 0 unspecified atom stereocenters. The molecule has 1 aliphatic carbocycles. The quantitative estimate of drug-likeness (QED) is 0.433. The van der Waals surface area contributed by atoms with Crippen molar-refractivity contribution in [2.45, 2.75) is 23.1 Å². The maximum atomic E-state index is 11.0. The molecular weight excluding hydrogens is 349 g/mol. The molecule has 5 nitrogen and oxygen atoms in total. The van der Waals surface area contributed by atoms with Gasteiger partial charge in [0.15, 0.2) is 3.79 Å². The highest BCUT2D eigenvalue weighted by molar-refractivity contribution is 6.67. The van der Waals surface area contributed by atoms with E-state index in [1.54, 1.807) is 0 Å². The molecule has 22 heavy (non-hydrogen) atoms. The SMILES string of the molecule is CN1CCN(C2=CCCC[C@@H]2[C@H](C[N+](=O)[O-])C(Cl)(Cl)Cl)CC1. The lowest BCUT2D eigenvalue weighted by atomic mass is 9.81. The molecule has 0 amide bonds. The van der Waals surface area contributed by atoms with Crippen LogP contribution in [0.25, 0.3) is 0 Å². The highest BCUT2D eigenvalue weighted by Gasteiger charge is 2.45. The van der Waals surface area contributed by atoms with E-state index in [9.17, 15) is 10.1 Å². The predicted octanol–water partition coefficient (Wildman–Crippen LogP) is 3.18. The fraction of sp³-hybridized carbons (Fsp3) is 0.857. The molecule has 8 heteroatoms. The molecular formula is C14H22Cl3N3O2. The van der Waals surface area contributed by atoms with Crippen LogP contribution in [0.5, 0.6) is 0 Å². The summed E-state index contributed by atoms with van der Waals surface area (Å²) >= 11 is 18.2. The Kier molecular flexibility index (Phi) is 6.22. The summed E-state index contributed by atoms with van der Waals surface area (Å²) in [6.45, 7) is 3.50. The fourth-order valence-electron chi connectivity index (χ4n) is 3.34. The van der Waals surface area contributed by atoms with E-state index in [1.165, 1.54) is 0 Å². The van der Waals surface area contributed by atoms with E-state index in [1.807, 2.05) is 0 Å². The van der Waals surface area contributed by atoms with Gasteiger partial charge in [-0.3, -0.25) is 10.1 Å². The molecule has 2 atom stereocenters. The summed E-state index contributed by atoms with van der Waals surface area (Å²) in [4.78, 5) is 15.2. The lowest BCUT2D eigenvalue weighted by Crippen LogP contribution is -2.47. The van der Waals surface area contributed by atoms with Gasteiger partial charge in [-0.15, -0.1) is 0 Å². The smallest absolute Gasteiger partial charge is 0.211 e. The third-order valence-electron chi connectivity index (χ3n) is 4.57. The van der Waals surface area contributed by atoms with Crippen LogP contribution in [0.1, 0.15) is 19.3 Å². The van der Waals surface area contributed by atoms with Crippen LogP contribution in [0.2, 0.25) is 0 Å². The minimum atomic E-state index is -1.62. The van der Waals surface area contributed by atoms with Crippen LogP contribution in [-0.4, -0.2) is 58.3 Å². The van der Waals surface area contributed by atoms with Crippen LogP contribution in [0.3, 0.4) is 0 Å². The third kappa shape index (κ3) is 4.63. The second-order valence-electron chi connectivity index (χ2n) is 6.12. The van der Waals surface area contributed by atoms with Crippen LogP contribution in [0, 0.1) is 22.0 Å². The van der Waals surface area contributed by atoms with Crippen LogP contribution < -0.4 is 0 Å². The van der Waals surface area contributed by atoms with Gasteiger partial charge >= 0.3 is 0 Å². The lowest BCUT2D eigenvalue weighted by molar-refractivity contribution is -0.489. The molecule has 1 heterocycles. The Labute approximate surface area is 146 Å². The van der Waals surface area contributed by atoms with Crippen molar-refractivity contribution in [2.24, 2.45) is 11.8 Å². The standard InChI is InChI=1S/C14H22Cl3N3O2/c1-18-6-8-19(9-7-18)13-5-3-2-4-11(13)12(10-20(21)22)14(15,16)17/h5,11-12H,2-4,6-10H2,1H3/t11-,12+/m1/s1. The molecule has 126 valence electrons. The number of hydrogen-bond donors (Lipinski definition) is 0. The van der Waals surface area contributed by atoms with Gasteiger partial charge in [0.2, 0.25) is 6.54 Å². The van der Waals surface area contributed by atoms with Crippen molar-refractivity contribution in [1.82, 2.24) is 9.80 Å². The minimum Gasteiger partial charge on any atom is -0.372 e. The van der Waals surface area contributed by atoms with Crippen molar-refractivity contribution in [1.29, 1.82) is 0 Å². The van der Waals surface area contributed by atoms with Gasteiger partial charge in [-0.1, -0.05) is 40.9 Å². The van der Waals surface area contributed by atoms with Crippen molar-refractivity contribution in [3.63, 3.8) is 0 Å². The highest BCUT2D eigenvalue weighted by atomic mass is 35.6. The number of hydrogen-bond acceptors (Lipinski definition) is 4. The van der Waals surface area contributed by atoms with E-state index in [0.717, 1.165) is 51.1 Å². The molecule has 0 aromatic carbocycles. The Hall–Kier alpha value is -0.230. The Morgan fingerprint density at radius 3 is 2.55 bits per heavy atom. The maximum absolute atomic E-state index is 11.0. The summed E-state index contributed by atoms with van der Waals surface area (Å²) in [6, 6.07) is 0. The number of nitro groups is 1. The Balaban J connectivity index is 2.19. The Morgan fingerprint density at radius 1 is 1.36 bits per heavy atom. The van der Waals surface area contributed by atoms with Gasteiger partial charge in [-0.2, -0.15) is 0 Å². The number of halogens is 3. The lowest BCUT2D eigenvalue weighted by Gasteiger charge is -2.42. The van der Waals surface area contributed by atoms with E-state index < -0.39 is 9.71 Å². The maximum Gasteiger partial charge on any atom is 0.211 e. The molecule has 1 fully saturated rings. The summed E-state index contributed by atoms with van der Waals surface area (Å²) in [7, 11) is 2.10. The second kappa shape index (κ2) is 7.56.